The fraction of sp³-hybridized carbons (Fsp3) is 0.125. The van der Waals surface area contributed by atoms with Crippen LogP contribution < -0.4 is 0 Å². The highest BCUT2D eigenvalue weighted by Crippen LogP contribution is 2.24. The number of pyridine rings is 1. The van der Waals surface area contributed by atoms with Gasteiger partial charge in [-0.05, 0) is 13.0 Å². The number of hydrogen-bond donors (Lipinski definition) is 0. The minimum atomic E-state index is 0.421. The van der Waals surface area contributed by atoms with Gasteiger partial charge in [0.2, 0.25) is 0 Å². The summed E-state index contributed by atoms with van der Waals surface area (Å²) in [5, 5.41) is 4.17. The van der Waals surface area contributed by atoms with Crippen LogP contribution in [0.1, 0.15) is 5.82 Å². The number of rotatable bonds is 1. The highest BCUT2D eigenvalue weighted by molar-refractivity contribution is 6.32. The normalized spacial score (nSPS) is 10.3. The van der Waals surface area contributed by atoms with Gasteiger partial charge in [0.1, 0.15) is 0 Å². The van der Waals surface area contributed by atoms with E-state index in [4.69, 9.17) is 16.1 Å². The highest BCUT2D eigenvalue weighted by Gasteiger charge is 2.09. The second-order valence-corrected chi connectivity index (χ2v) is 2.91. The van der Waals surface area contributed by atoms with Gasteiger partial charge in [-0.3, -0.25) is 4.98 Å². The van der Waals surface area contributed by atoms with Crippen LogP contribution in [0.4, 0.5) is 0 Å². The fourth-order valence-electron chi connectivity index (χ4n) is 0.955. The Labute approximate surface area is 79.6 Å². The molecule has 0 aromatic carbocycles. The zero-order valence-electron chi connectivity index (χ0n) is 6.86. The largest absolute Gasteiger partial charge is 0.334 e. The van der Waals surface area contributed by atoms with E-state index in [0.717, 1.165) is 0 Å². The molecular weight excluding hydrogens is 190 g/mol. The zero-order valence-corrected chi connectivity index (χ0v) is 7.62. The number of halogens is 1. The van der Waals surface area contributed by atoms with E-state index in [1.54, 1.807) is 19.2 Å². The molecule has 0 amide bonds. The van der Waals surface area contributed by atoms with Gasteiger partial charge in [0.25, 0.3) is 5.89 Å². The lowest BCUT2D eigenvalue weighted by atomic mass is 10.3. The van der Waals surface area contributed by atoms with Crippen molar-refractivity contribution in [3.63, 3.8) is 0 Å². The average molecular weight is 196 g/mol. The van der Waals surface area contributed by atoms with Crippen molar-refractivity contribution in [3.8, 4) is 11.5 Å². The summed E-state index contributed by atoms with van der Waals surface area (Å²) < 4.78 is 4.96. The van der Waals surface area contributed by atoms with Crippen LogP contribution in [0.5, 0.6) is 0 Å². The fourth-order valence-corrected chi connectivity index (χ4v) is 1.16. The molecule has 0 aliphatic carbocycles. The molecule has 2 rings (SSSR count). The molecule has 0 spiro atoms. The SMILES string of the molecule is Cc1noc(-c2ccncc2Cl)n1. The summed E-state index contributed by atoms with van der Waals surface area (Å²) in [5.41, 5.74) is 0.706. The summed E-state index contributed by atoms with van der Waals surface area (Å²) in [6, 6.07) is 1.73. The van der Waals surface area contributed by atoms with E-state index in [9.17, 15) is 0 Å². The van der Waals surface area contributed by atoms with Crippen LogP contribution in [-0.4, -0.2) is 15.1 Å². The molecule has 4 nitrogen and oxygen atoms in total. The second kappa shape index (κ2) is 3.14. The summed E-state index contributed by atoms with van der Waals surface area (Å²) in [7, 11) is 0. The van der Waals surface area contributed by atoms with Crippen LogP contribution >= 0.6 is 11.6 Å². The topological polar surface area (TPSA) is 51.8 Å². The summed E-state index contributed by atoms with van der Waals surface area (Å²) in [4.78, 5) is 7.91. The van der Waals surface area contributed by atoms with E-state index in [1.165, 1.54) is 6.20 Å². The molecular formula is C8H6ClN3O. The number of nitrogens with zero attached hydrogens (tertiary/aromatic N) is 3. The van der Waals surface area contributed by atoms with Gasteiger partial charge in [-0.1, -0.05) is 16.8 Å². The number of aryl methyl sites for hydroxylation is 1. The summed E-state index contributed by atoms with van der Waals surface area (Å²) in [6.45, 7) is 1.75. The summed E-state index contributed by atoms with van der Waals surface area (Å²) >= 11 is 5.88. The Kier molecular flexibility index (Phi) is 1.98. The lowest BCUT2D eigenvalue weighted by Gasteiger charge is -1.94. The molecule has 0 aliphatic rings. The molecule has 0 bridgehead atoms. The van der Waals surface area contributed by atoms with E-state index in [0.29, 0.717) is 22.3 Å². The van der Waals surface area contributed by atoms with Crippen molar-refractivity contribution in [2.75, 3.05) is 0 Å². The van der Waals surface area contributed by atoms with Gasteiger partial charge in [-0.2, -0.15) is 4.98 Å². The van der Waals surface area contributed by atoms with Crippen molar-refractivity contribution in [2.24, 2.45) is 0 Å². The third-order valence-electron chi connectivity index (χ3n) is 1.53. The molecule has 66 valence electrons. The van der Waals surface area contributed by atoms with Crippen LogP contribution in [0.3, 0.4) is 0 Å². The van der Waals surface area contributed by atoms with Crippen molar-refractivity contribution >= 4 is 11.6 Å². The molecule has 2 aromatic rings. The van der Waals surface area contributed by atoms with E-state index in [-0.39, 0.29) is 0 Å². The van der Waals surface area contributed by atoms with Crippen molar-refractivity contribution in [1.29, 1.82) is 0 Å². The van der Waals surface area contributed by atoms with Crippen molar-refractivity contribution in [1.82, 2.24) is 15.1 Å². The average Bonchev–Trinajstić information content (AvgIpc) is 2.53. The van der Waals surface area contributed by atoms with Crippen LogP contribution in [0, 0.1) is 6.92 Å². The standard InChI is InChI=1S/C8H6ClN3O/c1-5-11-8(13-12-5)6-2-3-10-4-7(6)9/h2-4H,1H3. The van der Waals surface area contributed by atoms with Crippen molar-refractivity contribution < 1.29 is 4.52 Å². The maximum Gasteiger partial charge on any atom is 0.259 e. The smallest absolute Gasteiger partial charge is 0.259 e. The minimum absolute atomic E-state index is 0.421. The molecule has 0 unspecified atom stereocenters. The summed E-state index contributed by atoms with van der Waals surface area (Å²) in [6.07, 6.45) is 3.16. The Balaban J connectivity index is 2.52. The van der Waals surface area contributed by atoms with E-state index >= 15 is 0 Å². The van der Waals surface area contributed by atoms with Gasteiger partial charge in [0, 0.05) is 12.4 Å². The Hall–Kier alpha value is -1.42. The first-order chi connectivity index (χ1) is 6.27. The molecule has 0 fully saturated rings. The molecule has 13 heavy (non-hydrogen) atoms. The quantitative estimate of drug-likeness (QED) is 0.699. The maximum absolute atomic E-state index is 5.88. The number of aromatic nitrogens is 3. The second-order valence-electron chi connectivity index (χ2n) is 2.50. The van der Waals surface area contributed by atoms with Gasteiger partial charge >= 0.3 is 0 Å². The van der Waals surface area contributed by atoms with Gasteiger partial charge in [0.15, 0.2) is 5.82 Å². The Bertz CT molecular complexity index is 427. The van der Waals surface area contributed by atoms with E-state index < -0.39 is 0 Å². The van der Waals surface area contributed by atoms with Gasteiger partial charge in [-0.25, -0.2) is 0 Å². The van der Waals surface area contributed by atoms with Crippen LogP contribution in [0.25, 0.3) is 11.5 Å². The lowest BCUT2D eigenvalue weighted by Crippen LogP contribution is -1.80. The van der Waals surface area contributed by atoms with Crippen LogP contribution in [0.2, 0.25) is 5.02 Å². The van der Waals surface area contributed by atoms with Crippen LogP contribution in [0.15, 0.2) is 23.0 Å². The first-order valence-electron chi connectivity index (χ1n) is 3.67. The predicted molar refractivity (Wildman–Crippen MR) is 47.3 cm³/mol. The Morgan fingerprint density at radius 1 is 1.46 bits per heavy atom. The molecule has 0 radical (unpaired) electrons. The van der Waals surface area contributed by atoms with E-state index in [1.807, 2.05) is 0 Å². The molecule has 0 N–H and O–H groups in total. The Morgan fingerprint density at radius 3 is 2.92 bits per heavy atom. The van der Waals surface area contributed by atoms with Gasteiger partial charge < -0.3 is 4.52 Å². The third-order valence-corrected chi connectivity index (χ3v) is 1.83. The molecule has 0 atom stereocenters. The predicted octanol–water partition coefficient (Wildman–Crippen LogP) is 2.09. The molecule has 0 aliphatic heterocycles. The Morgan fingerprint density at radius 2 is 2.31 bits per heavy atom. The minimum Gasteiger partial charge on any atom is -0.334 e. The highest BCUT2D eigenvalue weighted by atomic mass is 35.5. The van der Waals surface area contributed by atoms with Crippen LogP contribution in [-0.2, 0) is 0 Å². The van der Waals surface area contributed by atoms with Gasteiger partial charge in [0.05, 0.1) is 10.6 Å². The molecule has 0 saturated carbocycles. The van der Waals surface area contributed by atoms with E-state index in [2.05, 4.69) is 15.1 Å². The first kappa shape index (κ1) is 8.19. The molecule has 2 heterocycles. The first-order valence-corrected chi connectivity index (χ1v) is 4.05. The maximum atomic E-state index is 5.88. The van der Waals surface area contributed by atoms with Crippen molar-refractivity contribution in [2.45, 2.75) is 6.92 Å². The number of hydrogen-bond acceptors (Lipinski definition) is 4. The van der Waals surface area contributed by atoms with Crippen molar-refractivity contribution in [3.05, 3.63) is 29.3 Å². The molecule has 0 saturated heterocycles. The lowest BCUT2D eigenvalue weighted by molar-refractivity contribution is 0.425. The monoisotopic (exact) mass is 195 g/mol. The van der Waals surface area contributed by atoms with Gasteiger partial charge in [-0.15, -0.1) is 0 Å². The molecule has 2 aromatic heterocycles. The third kappa shape index (κ3) is 1.53. The summed E-state index contributed by atoms with van der Waals surface area (Å²) in [5.74, 6) is 1.01. The zero-order chi connectivity index (χ0) is 9.26. The molecule has 5 heteroatoms.